The molecule has 0 unspecified atom stereocenters. The van der Waals surface area contributed by atoms with Gasteiger partial charge in [0.15, 0.2) is 11.5 Å². The summed E-state index contributed by atoms with van der Waals surface area (Å²) in [6.07, 6.45) is 1.77. The Morgan fingerprint density at radius 1 is 0.960 bits per heavy atom. The highest BCUT2D eigenvalue weighted by Gasteiger charge is 2.14. The van der Waals surface area contributed by atoms with E-state index in [0.717, 1.165) is 5.52 Å². The van der Waals surface area contributed by atoms with Crippen LogP contribution in [0.3, 0.4) is 0 Å². The molecule has 6 heteroatoms. The summed E-state index contributed by atoms with van der Waals surface area (Å²) in [7, 11) is 6.56. The second-order valence-corrected chi connectivity index (χ2v) is 5.54. The van der Waals surface area contributed by atoms with Crippen molar-refractivity contribution in [3.8, 4) is 17.2 Å². The zero-order valence-electron chi connectivity index (χ0n) is 14.6. The molecule has 0 spiro atoms. The van der Waals surface area contributed by atoms with Crippen molar-refractivity contribution in [2.75, 3.05) is 26.6 Å². The largest absolute Gasteiger partial charge is 0.493 e. The zero-order chi connectivity index (χ0) is 18.0. The Labute approximate surface area is 145 Å². The SMILES string of the molecule is COc1cc(Nc2cn(C)c3ccccc3c2=O)cc(OC)c1OC. The Kier molecular flexibility index (Phi) is 4.52. The van der Waals surface area contributed by atoms with E-state index in [-0.39, 0.29) is 5.43 Å². The van der Waals surface area contributed by atoms with Crippen LogP contribution in [0.25, 0.3) is 10.9 Å². The molecule has 2 aromatic carbocycles. The van der Waals surface area contributed by atoms with E-state index in [2.05, 4.69) is 5.32 Å². The molecule has 0 amide bonds. The number of aryl methyl sites for hydroxylation is 1. The molecule has 0 radical (unpaired) electrons. The van der Waals surface area contributed by atoms with Crippen LogP contribution in [0.15, 0.2) is 47.4 Å². The molecule has 3 rings (SSSR count). The van der Waals surface area contributed by atoms with Gasteiger partial charge in [-0.15, -0.1) is 0 Å². The van der Waals surface area contributed by atoms with Crippen molar-refractivity contribution < 1.29 is 14.2 Å². The fourth-order valence-corrected chi connectivity index (χ4v) is 2.84. The van der Waals surface area contributed by atoms with Crippen molar-refractivity contribution in [2.45, 2.75) is 0 Å². The molecule has 1 heterocycles. The van der Waals surface area contributed by atoms with Gasteiger partial charge in [0, 0.05) is 36.5 Å². The number of rotatable bonds is 5. The summed E-state index contributed by atoms with van der Waals surface area (Å²) >= 11 is 0. The number of anilines is 2. The quantitative estimate of drug-likeness (QED) is 0.772. The van der Waals surface area contributed by atoms with Crippen LogP contribution in [0.2, 0.25) is 0 Å². The van der Waals surface area contributed by atoms with Crippen LogP contribution in [0, 0.1) is 0 Å². The number of ether oxygens (including phenoxy) is 3. The topological polar surface area (TPSA) is 61.7 Å². The average molecular weight is 340 g/mol. The maximum atomic E-state index is 12.8. The second kappa shape index (κ2) is 6.76. The molecule has 1 N–H and O–H groups in total. The third-order valence-corrected chi connectivity index (χ3v) is 4.04. The molecule has 0 aliphatic rings. The number of nitrogens with zero attached hydrogens (tertiary/aromatic N) is 1. The number of hydrogen-bond donors (Lipinski definition) is 1. The molecule has 0 aliphatic heterocycles. The van der Waals surface area contributed by atoms with Crippen LogP contribution in [0.1, 0.15) is 0 Å². The summed E-state index contributed by atoms with van der Waals surface area (Å²) in [5.74, 6) is 1.53. The molecular weight excluding hydrogens is 320 g/mol. The number of aromatic nitrogens is 1. The Hall–Kier alpha value is -3.15. The van der Waals surface area contributed by atoms with E-state index in [1.807, 2.05) is 35.9 Å². The van der Waals surface area contributed by atoms with Gasteiger partial charge in [-0.05, 0) is 12.1 Å². The molecule has 0 bridgehead atoms. The minimum absolute atomic E-state index is 0.0672. The Morgan fingerprint density at radius 2 is 1.60 bits per heavy atom. The van der Waals surface area contributed by atoms with Crippen LogP contribution < -0.4 is 25.0 Å². The van der Waals surface area contributed by atoms with E-state index < -0.39 is 0 Å². The number of methoxy groups -OCH3 is 3. The summed E-state index contributed by atoms with van der Waals surface area (Å²) in [4.78, 5) is 12.8. The van der Waals surface area contributed by atoms with Gasteiger partial charge in [0.1, 0.15) is 5.69 Å². The van der Waals surface area contributed by atoms with Crippen molar-refractivity contribution in [1.82, 2.24) is 4.57 Å². The van der Waals surface area contributed by atoms with Gasteiger partial charge < -0.3 is 24.1 Å². The number of benzene rings is 2. The van der Waals surface area contributed by atoms with Crippen molar-refractivity contribution in [3.05, 3.63) is 52.8 Å². The van der Waals surface area contributed by atoms with Crippen LogP contribution in [-0.2, 0) is 7.05 Å². The number of pyridine rings is 1. The smallest absolute Gasteiger partial charge is 0.212 e. The van der Waals surface area contributed by atoms with Gasteiger partial charge in [0.25, 0.3) is 0 Å². The summed E-state index contributed by atoms with van der Waals surface area (Å²) in [5, 5.41) is 3.81. The Balaban J connectivity index is 2.10. The fourth-order valence-electron chi connectivity index (χ4n) is 2.84. The maximum absolute atomic E-state index is 12.8. The first-order chi connectivity index (χ1) is 12.1. The van der Waals surface area contributed by atoms with Gasteiger partial charge in [-0.1, -0.05) is 12.1 Å². The summed E-state index contributed by atoms with van der Waals surface area (Å²) in [6, 6.07) is 11.0. The molecule has 25 heavy (non-hydrogen) atoms. The molecule has 6 nitrogen and oxygen atoms in total. The van der Waals surface area contributed by atoms with E-state index in [1.54, 1.807) is 39.7 Å². The maximum Gasteiger partial charge on any atom is 0.212 e. The highest BCUT2D eigenvalue weighted by atomic mass is 16.5. The predicted molar refractivity (Wildman–Crippen MR) is 98.6 cm³/mol. The first-order valence-corrected chi connectivity index (χ1v) is 7.74. The molecule has 0 aliphatic carbocycles. The van der Waals surface area contributed by atoms with Gasteiger partial charge in [0.2, 0.25) is 11.2 Å². The number of hydrogen-bond acceptors (Lipinski definition) is 5. The van der Waals surface area contributed by atoms with Crippen molar-refractivity contribution in [3.63, 3.8) is 0 Å². The normalized spacial score (nSPS) is 10.6. The first-order valence-electron chi connectivity index (χ1n) is 7.74. The van der Waals surface area contributed by atoms with Crippen molar-refractivity contribution in [1.29, 1.82) is 0 Å². The van der Waals surface area contributed by atoms with Crippen LogP contribution >= 0.6 is 0 Å². The van der Waals surface area contributed by atoms with Crippen molar-refractivity contribution in [2.24, 2.45) is 7.05 Å². The lowest BCUT2D eigenvalue weighted by Crippen LogP contribution is -2.12. The number of fused-ring (bicyclic) bond motifs is 1. The van der Waals surface area contributed by atoms with Gasteiger partial charge in [-0.25, -0.2) is 0 Å². The van der Waals surface area contributed by atoms with E-state index in [1.165, 1.54) is 0 Å². The van der Waals surface area contributed by atoms with Crippen LogP contribution in [-0.4, -0.2) is 25.9 Å². The lowest BCUT2D eigenvalue weighted by Gasteiger charge is -2.16. The Morgan fingerprint density at radius 3 is 2.20 bits per heavy atom. The average Bonchev–Trinajstić information content (AvgIpc) is 2.65. The zero-order valence-corrected chi connectivity index (χ0v) is 14.6. The Bertz CT molecular complexity index is 954. The molecular formula is C19H20N2O4. The monoisotopic (exact) mass is 340 g/mol. The molecule has 0 atom stereocenters. The summed E-state index contributed by atoms with van der Waals surface area (Å²) in [5.41, 5.74) is 1.95. The number of nitrogens with one attached hydrogen (secondary N) is 1. The first kappa shape index (κ1) is 16.7. The third kappa shape index (κ3) is 2.98. The lowest BCUT2D eigenvalue weighted by atomic mass is 10.2. The van der Waals surface area contributed by atoms with Gasteiger partial charge in [0.05, 0.1) is 26.8 Å². The van der Waals surface area contributed by atoms with Crippen LogP contribution in [0.5, 0.6) is 17.2 Å². The van der Waals surface area contributed by atoms with Gasteiger partial charge in [-0.3, -0.25) is 4.79 Å². The van der Waals surface area contributed by atoms with Gasteiger partial charge in [-0.2, -0.15) is 0 Å². The second-order valence-electron chi connectivity index (χ2n) is 5.54. The minimum Gasteiger partial charge on any atom is -0.493 e. The van der Waals surface area contributed by atoms with Gasteiger partial charge >= 0.3 is 0 Å². The molecule has 3 aromatic rings. The summed E-state index contributed by atoms with van der Waals surface area (Å²) in [6.45, 7) is 0. The van der Waals surface area contributed by atoms with Crippen molar-refractivity contribution >= 4 is 22.3 Å². The molecule has 130 valence electrons. The summed E-state index contributed by atoms with van der Waals surface area (Å²) < 4.78 is 17.9. The van der Waals surface area contributed by atoms with E-state index >= 15 is 0 Å². The highest BCUT2D eigenvalue weighted by Crippen LogP contribution is 2.40. The van der Waals surface area contributed by atoms with E-state index in [4.69, 9.17) is 14.2 Å². The minimum atomic E-state index is -0.0672. The molecule has 1 aromatic heterocycles. The highest BCUT2D eigenvalue weighted by molar-refractivity contribution is 5.83. The fraction of sp³-hybridized carbons (Fsp3) is 0.211. The number of para-hydroxylation sites is 1. The molecule has 0 saturated heterocycles. The van der Waals surface area contributed by atoms with E-state index in [0.29, 0.717) is 34.0 Å². The van der Waals surface area contributed by atoms with Crippen LogP contribution in [0.4, 0.5) is 11.4 Å². The standard InChI is InChI=1S/C19H20N2O4/c1-21-11-14(18(22)13-7-5-6-8-15(13)21)20-12-9-16(23-2)19(25-4)17(10-12)24-3/h5-11,20H,1-4H3. The van der Waals surface area contributed by atoms with E-state index in [9.17, 15) is 4.79 Å². The lowest BCUT2D eigenvalue weighted by molar-refractivity contribution is 0.324. The molecule has 0 fully saturated rings. The molecule has 0 saturated carbocycles. The predicted octanol–water partition coefficient (Wildman–Crippen LogP) is 3.31. The third-order valence-electron chi connectivity index (χ3n) is 4.04.